The van der Waals surface area contributed by atoms with E-state index >= 15 is 0 Å². The fraction of sp³-hybridized carbons (Fsp3) is 0.387. The van der Waals surface area contributed by atoms with Gasteiger partial charge >= 0.3 is 6.18 Å². The van der Waals surface area contributed by atoms with Crippen LogP contribution in [0.4, 0.5) is 24.8 Å². The largest absolute Gasteiger partial charge is 0.493 e. The van der Waals surface area contributed by atoms with Crippen LogP contribution in [0.25, 0.3) is 16.8 Å². The number of carbonyl (C=O) groups is 2. The molecule has 2 fully saturated rings. The van der Waals surface area contributed by atoms with Crippen molar-refractivity contribution >= 4 is 29.0 Å². The van der Waals surface area contributed by atoms with E-state index in [9.17, 15) is 22.8 Å². The van der Waals surface area contributed by atoms with Gasteiger partial charge in [0.1, 0.15) is 34.4 Å². The van der Waals surface area contributed by atoms with Crippen molar-refractivity contribution in [2.75, 3.05) is 24.2 Å². The average Bonchev–Trinajstić information content (AvgIpc) is 3.47. The lowest BCUT2D eigenvalue weighted by Gasteiger charge is -2.39. The molecular weight excluding hydrogens is 575 g/mol. The normalized spacial score (nSPS) is 19.7. The zero-order valence-electron chi connectivity index (χ0n) is 24.5. The van der Waals surface area contributed by atoms with E-state index in [2.05, 4.69) is 29.1 Å². The number of hydrogen-bond donors (Lipinski definition) is 2. The predicted molar refractivity (Wildman–Crippen MR) is 157 cm³/mol. The molecule has 0 saturated carbocycles. The van der Waals surface area contributed by atoms with E-state index in [0.29, 0.717) is 35.5 Å². The highest BCUT2D eigenvalue weighted by molar-refractivity contribution is 6.04. The second-order valence-electron chi connectivity index (χ2n) is 11.9. The molecule has 10 nitrogen and oxygen atoms in total. The first-order chi connectivity index (χ1) is 20.9. The highest BCUT2D eigenvalue weighted by Gasteiger charge is 2.48. The van der Waals surface area contributed by atoms with Gasteiger partial charge < -0.3 is 20.7 Å². The Morgan fingerprint density at radius 3 is 2.70 bits per heavy atom. The first kappa shape index (κ1) is 29.4. The highest BCUT2D eigenvalue weighted by atomic mass is 19.4. The Morgan fingerprint density at radius 2 is 1.95 bits per heavy atom. The molecule has 13 heteroatoms. The van der Waals surface area contributed by atoms with Crippen molar-refractivity contribution in [3.05, 3.63) is 65.9 Å². The van der Waals surface area contributed by atoms with Gasteiger partial charge in [-0.15, -0.1) is 0 Å². The standard InChI is InChI=1S/C31H32F3N7O3/c1-4-44-21-13-17(29(43)38-23-14-19(9-10-36-23)31(32,33)34)5-7-20(21)25-26-27(35)37-11-12-40(26)28(39-25)18-6-8-22-30(2,3)15-24(42)41(22)16-18/h5,7,9-14,18,22H,4,6,8,15-16H2,1-3H3,(H2,35,37)(H,36,38,43)/t18-,22+/m1/s1. The Labute approximate surface area is 251 Å². The molecule has 3 N–H and O–H groups in total. The summed E-state index contributed by atoms with van der Waals surface area (Å²) >= 11 is 0. The number of nitrogens with two attached hydrogens (primary N) is 1. The van der Waals surface area contributed by atoms with E-state index in [4.69, 9.17) is 15.5 Å². The van der Waals surface area contributed by atoms with Crippen molar-refractivity contribution in [3.63, 3.8) is 0 Å². The second-order valence-corrected chi connectivity index (χ2v) is 11.9. The van der Waals surface area contributed by atoms with Crippen LogP contribution < -0.4 is 15.8 Å². The Balaban J connectivity index is 1.35. The van der Waals surface area contributed by atoms with E-state index in [1.807, 2.05) is 9.30 Å². The highest BCUT2D eigenvalue weighted by Crippen LogP contribution is 2.46. The van der Waals surface area contributed by atoms with Crippen molar-refractivity contribution in [2.45, 2.75) is 58.2 Å². The summed E-state index contributed by atoms with van der Waals surface area (Å²) in [6.45, 7) is 6.90. The third-order valence-electron chi connectivity index (χ3n) is 8.51. The molecule has 2 aliphatic heterocycles. The molecule has 2 atom stereocenters. The van der Waals surface area contributed by atoms with Gasteiger partial charge in [0.2, 0.25) is 5.91 Å². The number of nitrogens with one attached hydrogen (secondary N) is 1. The van der Waals surface area contributed by atoms with Gasteiger partial charge in [-0.1, -0.05) is 13.8 Å². The van der Waals surface area contributed by atoms with Crippen LogP contribution in [0.3, 0.4) is 0 Å². The number of alkyl halides is 3. The molecule has 1 aromatic carbocycles. The summed E-state index contributed by atoms with van der Waals surface area (Å²) in [6, 6.07) is 6.51. The van der Waals surface area contributed by atoms with Gasteiger partial charge in [0.05, 0.1) is 12.2 Å². The molecule has 0 aliphatic carbocycles. The molecule has 4 aromatic rings. The molecule has 0 spiro atoms. The Bertz CT molecular complexity index is 1770. The van der Waals surface area contributed by atoms with Crippen LogP contribution in [0.1, 0.15) is 67.7 Å². The lowest BCUT2D eigenvalue weighted by atomic mass is 9.79. The first-order valence-corrected chi connectivity index (χ1v) is 14.4. The van der Waals surface area contributed by atoms with Crippen LogP contribution in [0.5, 0.6) is 5.75 Å². The number of carbonyl (C=O) groups excluding carboxylic acids is 2. The number of fused-ring (bicyclic) bond motifs is 2. The molecule has 230 valence electrons. The van der Waals surface area contributed by atoms with Gasteiger partial charge in [0, 0.05) is 54.6 Å². The second kappa shape index (κ2) is 10.8. The summed E-state index contributed by atoms with van der Waals surface area (Å²) < 4.78 is 47.3. The molecule has 2 aliphatic rings. The fourth-order valence-electron chi connectivity index (χ4n) is 6.44. The number of halogens is 3. The zero-order chi connectivity index (χ0) is 31.4. The molecular formula is C31H32F3N7O3. The number of imidazole rings is 1. The molecule has 0 radical (unpaired) electrons. The molecule has 3 aromatic heterocycles. The minimum absolute atomic E-state index is 0.0345. The third kappa shape index (κ3) is 5.20. The number of nitrogens with zero attached hydrogens (tertiary/aromatic N) is 5. The topological polar surface area (TPSA) is 128 Å². The number of pyridine rings is 1. The van der Waals surface area contributed by atoms with Gasteiger partial charge in [-0.25, -0.2) is 15.0 Å². The summed E-state index contributed by atoms with van der Waals surface area (Å²) in [7, 11) is 0. The van der Waals surface area contributed by atoms with Gasteiger partial charge in [-0.05, 0) is 55.5 Å². The molecule has 2 amide bonds. The minimum atomic E-state index is -4.57. The number of amides is 2. The van der Waals surface area contributed by atoms with E-state index in [1.165, 1.54) is 12.1 Å². The van der Waals surface area contributed by atoms with Gasteiger partial charge in [0.25, 0.3) is 5.91 Å². The zero-order valence-corrected chi connectivity index (χ0v) is 24.5. The Kier molecular flexibility index (Phi) is 7.21. The lowest BCUT2D eigenvalue weighted by Crippen LogP contribution is -2.44. The maximum atomic E-state index is 13.1. The molecule has 44 heavy (non-hydrogen) atoms. The van der Waals surface area contributed by atoms with Crippen LogP contribution in [-0.2, 0) is 11.0 Å². The van der Waals surface area contributed by atoms with Crippen molar-refractivity contribution in [1.82, 2.24) is 24.3 Å². The fourth-order valence-corrected chi connectivity index (χ4v) is 6.44. The maximum absolute atomic E-state index is 13.1. The van der Waals surface area contributed by atoms with Crippen LogP contribution in [0, 0.1) is 5.41 Å². The monoisotopic (exact) mass is 607 g/mol. The minimum Gasteiger partial charge on any atom is -0.493 e. The Hall–Kier alpha value is -4.68. The number of anilines is 2. The van der Waals surface area contributed by atoms with Crippen molar-refractivity contribution in [3.8, 4) is 17.0 Å². The van der Waals surface area contributed by atoms with Crippen molar-refractivity contribution in [1.29, 1.82) is 0 Å². The predicted octanol–water partition coefficient (Wildman–Crippen LogP) is 5.55. The first-order valence-electron chi connectivity index (χ1n) is 14.4. The summed E-state index contributed by atoms with van der Waals surface area (Å²) in [5.74, 6) is 0.577. The number of hydrogen-bond acceptors (Lipinski definition) is 7. The van der Waals surface area contributed by atoms with Crippen LogP contribution in [0.15, 0.2) is 48.9 Å². The lowest BCUT2D eigenvalue weighted by molar-refractivity contribution is -0.137. The van der Waals surface area contributed by atoms with Crippen molar-refractivity contribution < 1.29 is 27.5 Å². The van der Waals surface area contributed by atoms with Crippen LogP contribution >= 0.6 is 0 Å². The number of ether oxygens (including phenoxy) is 1. The molecule has 0 bridgehead atoms. The van der Waals surface area contributed by atoms with Crippen molar-refractivity contribution in [2.24, 2.45) is 5.41 Å². The number of nitrogen functional groups attached to an aromatic ring is 1. The third-order valence-corrected chi connectivity index (χ3v) is 8.51. The smallest absolute Gasteiger partial charge is 0.416 e. The van der Waals surface area contributed by atoms with Crippen LogP contribution in [0.2, 0.25) is 0 Å². The molecule has 0 unspecified atom stereocenters. The summed E-state index contributed by atoms with van der Waals surface area (Å²) in [5, 5.41) is 2.43. The maximum Gasteiger partial charge on any atom is 0.416 e. The van der Waals surface area contributed by atoms with E-state index in [0.717, 1.165) is 37.0 Å². The van der Waals surface area contributed by atoms with Gasteiger partial charge in [-0.3, -0.25) is 14.0 Å². The number of benzene rings is 1. The van der Waals surface area contributed by atoms with Crippen LogP contribution in [-0.4, -0.2) is 55.3 Å². The quantitative estimate of drug-likeness (QED) is 0.294. The van der Waals surface area contributed by atoms with Gasteiger partial charge in [-0.2, -0.15) is 13.2 Å². The summed E-state index contributed by atoms with van der Waals surface area (Å²) in [4.78, 5) is 41.1. The number of rotatable bonds is 6. The average molecular weight is 608 g/mol. The Morgan fingerprint density at radius 1 is 1.16 bits per heavy atom. The number of aromatic nitrogens is 4. The molecule has 5 heterocycles. The van der Waals surface area contributed by atoms with E-state index < -0.39 is 17.6 Å². The molecule has 6 rings (SSSR count). The summed E-state index contributed by atoms with van der Waals surface area (Å²) in [6.07, 6.45) is 2.04. The number of piperidine rings is 1. The SMILES string of the molecule is CCOc1cc(C(=O)Nc2cc(C(F)(F)F)ccn2)ccc1-c1nc([C@@H]2CC[C@@H]3N(C2)C(=O)CC3(C)C)n2ccnc(N)c12. The van der Waals surface area contributed by atoms with E-state index in [-0.39, 0.29) is 47.1 Å². The van der Waals surface area contributed by atoms with E-state index in [1.54, 1.807) is 25.4 Å². The van der Waals surface area contributed by atoms with Gasteiger partial charge in [0.15, 0.2) is 0 Å². The molecule has 2 saturated heterocycles. The summed E-state index contributed by atoms with van der Waals surface area (Å²) in [5.41, 5.74) is 7.19.